The molecule has 0 unspecified atom stereocenters. The van der Waals surface area contributed by atoms with Crippen LogP contribution < -0.4 is 14.8 Å². The summed E-state index contributed by atoms with van der Waals surface area (Å²) in [5.74, 6) is -0.0360. The van der Waals surface area contributed by atoms with E-state index in [1.807, 2.05) is 42.5 Å². The average molecular weight is 513 g/mol. The van der Waals surface area contributed by atoms with Gasteiger partial charge in [0.15, 0.2) is 11.5 Å². The fourth-order valence-electron chi connectivity index (χ4n) is 4.23. The molecule has 1 aromatic heterocycles. The van der Waals surface area contributed by atoms with Crippen LogP contribution in [0, 0.1) is 0 Å². The summed E-state index contributed by atoms with van der Waals surface area (Å²) in [5.41, 5.74) is 1.62. The van der Waals surface area contributed by atoms with Crippen molar-refractivity contribution in [1.29, 1.82) is 0 Å². The maximum Gasteiger partial charge on any atom is 0.373 e. The summed E-state index contributed by atoms with van der Waals surface area (Å²) in [6.45, 7) is 0.118. The van der Waals surface area contributed by atoms with Gasteiger partial charge in [-0.3, -0.25) is 9.69 Å². The van der Waals surface area contributed by atoms with Crippen LogP contribution in [0.5, 0.6) is 11.5 Å². The number of esters is 1. The summed E-state index contributed by atoms with van der Waals surface area (Å²) in [6.07, 6.45) is 1.54. The minimum absolute atomic E-state index is 0.0188. The first-order valence-corrected chi connectivity index (χ1v) is 11.8. The lowest BCUT2D eigenvalue weighted by Crippen LogP contribution is -2.30. The minimum Gasteiger partial charge on any atom is -0.493 e. The molecule has 38 heavy (non-hydrogen) atoms. The van der Waals surface area contributed by atoms with Crippen LogP contribution in [0.3, 0.4) is 0 Å². The number of hydrogen-bond donors (Lipinski definition) is 1. The highest BCUT2D eigenvalue weighted by Crippen LogP contribution is 2.34. The summed E-state index contributed by atoms with van der Waals surface area (Å²) >= 11 is 0. The number of amides is 3. The van der Waals surface area contributed by atoms with Gasteiger partial charge in [-0.25, -0.2) is 9.59 Å². The van der Waals surface area contributed by atoms with Gasteiger partial charge in [0.1, 0.15) is 18.1 Å². The molecule has 5 rings (SSSR count). The Balaban J connectivity index is 1.39. The van der Waals surface area contributed by atoms with Crippen molar-refractivity contribution in [3.05, 3.63) is 101 Å². The van der Waals surface area contributed by atoms with E-state index in [1.165, 1.54) is 26.4 Å². The van der Waals surface area contributed by atoms with Crippen LogP contribution in [-0.2, 0) is 22.7 Å². The number of para-hydroxylation sites is 1. The first kappa shape index (κ1) is 24.6. The van der Waals surface area contributed by atoms with Gasteiger partial charge in [-0.15, -0.1) is 0 Å². The van der Waals surface area contributed by atoms with Crippen molar-refractivity contribution >= 4 is 34.8 Å². The van der Waals surface area contributed by atoms with Crippen LogP contribution in [0.4, 0.5) is 4.79 Å². The third kappa shape index (κ3) is 4.81. The summed E-state index contributed by atoms with van der Waals surface area (Å²) in [4.78, 5) is 38.3. The van der Waals surface area contributed by atoms with Crippen LogP contribution in [0.25, 0.3) is 16.8 Å². The van der Waals surface area contributed by atoms with E-state index in [-0.39, 0.29) is 30.4 Å². The Kier molecular flexibility index (Phi) is 6.82. The Labute approximate surface area is 218 Å². The second-order valence-electron chi connectivity index (χ2n) is 8.44. The van der Waals surface area contributed by atoms with E-state index in [0.717, 1.165) is 21.2 Å². The lowest BCUT2D eigenvalue weighted by Gasteiger charge is -2.15. The van der Waals surface area contributed by atoms with Crippen molar-refractivity contribution < 1.29 is 33.0 Å². The van der Waals surface area contributed by atoms with Crippen LogP contribution >= 0.6 is 0 Å². The number of fused-ring (bicyclic) bond motifs is 1. The number of hydrogen-bond acceptors (Lipinski definition) is 7. The lowest BCUT2D eigenvalue weighted by atomic mass is 10.1. The zero-order valence-electron chi connectivity index (χ0n) is 20.7. The topological polar surface area (TPSA) is 107 Å². The van der Waals surface area contributed by atoms with E-state index >= 15 is 0 Å². The molecule has 0 saturated carbocycles. The van der Waals surface area contributed by atoms with E-state index in [0.29, 0.717) is 17.1 Å². The number of ether oxygens (including phenoxy) is 3. The predicted octanol–water partition coefficient (Wildman–Crippen LogP) is 4.90. The van der Waals surface area contributed by atoms with Gasteiger partial charge in [0.05, 0.1) is 20.8 Å². The average Bonchev–Trinajstić information content (AvgIpc) is 3.52. The maximum atomic E-state index is 13.1. The molecule has 3 aromatic carbocycles. The summed E-state index contributed by atoms with van der Waals surface area (Å²) in [5, 5.41) is 4.77. The number of methoxy groups -OCH3 is 2. The standard InChI is InChI=1S/C29H24N2O7/c1-35-24-12-6-9-19(26(24)37-17-20-10-5-8-18-7-3-4-11-22(18)20)15-23-27(32)31(29(34)30-23)16-21-13-14-25(38-21)28(33)36-2/h3-15H,16-17H2,1-2H3,(H,30,34)/b23-15+. The zero-order valence-corrected chi connectivity index (χ0v) is 20.7. The van der Waals surface area contributed by atoms with Crippen LogP contribution in [0.15, 0.2) is 82.9 Å². The zero-order chi connectivity index (χ0) is 26.6. The van der Waals surface area contributed by atoms with Gasteiger partial charge in [-0.1, -0.05) is 54.6 Å². The monoisotopic (exact) mass is 512 g/mol. The molecule has 192 valence electrons. The Morgan fingerprint density at radius 2 is 1.76 bits per heavy atom. The van der Waals surface area contributed by atoms with Crippen molar-refractivity contribution in [3.8, 4) is 11.5 Å². The first-order valence-electron chi connectivity index (χ1n) is 11.8. The SMILES string of the molecule is COC(=O)c1ccc(CN2C(=O)N/C(=C/c3cccc(OC)c3OCc3cccc4ccccc34)C2=O)o1. The van der Waals surface area contributed by atoms with Crippen molar-refractivity contribution in [2.45, 2.75) is 13.2 Å². The molecule has 0 radical (unpaired) electrons. The summed E-state index contributed by atoms with van der Waals surface area (Å²) in [7, 11) is 2.77. The Bertz CT molecular complexity index is 1560. The molecular formula is C29H24N2O7. The maximum absolute atomic E-state index is 13.1. The highest BCUT2D eigenvalue weighted by atomic mass is 16.5. The molecule has 9 nitrogen and oxygen atoms in total. The lowest BCUT2D eigenvalue weighted by molar-refractivity contribution is -0.123. The smallest absolute Gasteiger partial charge is 0.373 e. The molecule has 0 bridgehead atoms. The van der Waals surface area contributed by atoms with Gasteiger partial charge in [0.25, 0.3) is 5.91 Å². The van der Waals surface area contributed by atoms with Crippen molar-refractivity contribution in [3.63, 3.8) is 0 Å². The molecule has 0 aliphatic carbocycles. The fourth-order valence-corrected chi connectivity index (χ4v) is 4.23. The third-order valence-corrected chi connectivity index (χ3v) is 6.11. The molecule has 1 saturated heterocycles. The molecular weight excluding hydrogens is 488 g/mol. The highest BCUT2D eigenvalue weighted by molar-refractivity contribution is 6.14. The van der Waals surface area contributed by atoms with Crippen LogP contribution in [0.2, 0.25) is 0 Å². The molecule has 4 aromatic rings. The van der Waals surface area contributed by atoms with Gasteiger partial charge in [0.2, 0.25) is 5.76 Å². The second kappa shape index (κ2) is 10.5. The number of benzene rings is 3. The van der Waals surface area contributed by atoms with Crippen molar-refractivity contribution in [2.24, 2.45) is 0 Å². The number of carbonyl (C=O) groups is 3. The highest BCUT2D eigenvalue weighted by Gasteiger charge is 2.34. The number of urea groups is 1. The molecule has 1 fully saturated rings. The van der Waals surface area contributed by atoms with Crippen molar-refractivity contribution in [2.75, 3.05) is 14.2 Å². The van der Waals surface area contributed by atoms with Gasteiger partial charge >= 0.3 is 12.0 Å². The summed E-state index contributed by atoms with van der Waals surface area (Å²) in [6, 6.07) is 21.7. The number of nitrogens with zero attached hydrogens (tertiary/aromatic N) is 1. The van der Waals surface area contributed by atoms with Crippen LogP contribution in [-0.4, -0.2) is 37.0 Å². The largest absolute Gasteiger partial charge is 0.493 e. The van der Waals surface area contributed by atoms with E-state index in [4.69, 9.17) is 13.9 Å². The second-order valence-corrected chi connectivity index (χ2v) is 8.44. The molecule has 1 aliphatic heterocycles. The first-order chi connectivity index (χ1) is 18.5. The number of furan rings is 1. The number of rotatable bonds is 8. The van der Waals surface area contributed by atoms with Gasteiger partial charge in [-0.05, 0) is 40.6 Å². The quantitative estimate of drug-likeness (QED) is 0.203. The molecule has 1 N–H and O–H groups in total. The molecule has 2 heterocycles. The summed E-state index contributed by atoms with van der Waals surface area (Å²) < 4.78 is 21.8. The van der Waals surface area contributed by atoms with Gasteiger partial charge < -0.3 is 23.9 Å². The van der Waals surface area contributed by atoms with E-state index in [2.05, 4.69) is 10.1 Å². The number of imide groups is 1. The Morgan fingerprint density at radius 3 is 2.58 bits per heavy atom. The van der Waals surface area contributed by atoms with E-state index in [9.17, 15) is 14.4 Å². The molecule has 0 spiro atoms. The van der Waals surface area contributed by atoms with Gasteiger partial charge in [-0.2, -0.15) is 0 Å². The van der Waals surface area contributed by atoms with Crippen molar-refractivity contribution in [1.82, 2.24) is 10.2 Å². The molecule has 3 amide bonds. The van der Waals surface area contributed by atoms with E-state index < -0.39 is 17.9 Å². The Hall–Kier alpha value is -5.05. The third-order valence-electron chi connectivity index (χ3n) is 6.11. The van der Waals surface area contributed by atoms with E-state index in [1.54, 1.807) is 24.3 Å². The van der Waals surface area contributed by atoms with Gasteiger partial charge in [0, 0.05) is 5.56 Å². The van der Waals surface area contributed by atoms with Crippen LogP contribution in [0.1, 0.15) is 27.4 Å². The molecule has 9 heteroatoms. The molecule has 1 aliphatic rings. The number of nitrogens with one attached hydrogen (secondary N) is 1. The molecule has 0 atom stereocenters. The fraction of sp³-hybridized carbons (Fsp3) is 0.138. The predicted molar refractivity (Wildman–Crippen MR) is 138 cm³/mol. The minimum atomic E-state index is -0.650. The Morgan fingerprint density at radius 1 is 0.974 bits per heavy atom. The normalized spacial score (nSPS) is 14.2. The number of carbonyl (C=O) groups excluding carboxylic acids is 3.